The average Bonchev–Trinajstić information content (AvgIpc) is 3.61. The summed E-state index contributed by atoms with van der Waals surface area (Å²) in [6.07, 6.45) is -2.10. The van der Waals surface area contributed by atoms with E-state index >= 15 is 8.78 Å². The van der Waals surface area contributed by atoms with E-state index < -0.39 is 70.8 Å². The van der Waals surface area contributed by atoms with Gasteiger partial charge in [0.25, 0.3) is 5.56 Å². The number of amides is 1. The Hall–Kier alpha value is -2.96. The first-order chi connectivity index (χ1) is 20.9. The van der Waals surface area contributed by atoms with Crippen LogP contribution < -0.4 is 10.9 Å². The lowest BCUT2D eigenvalue weighted by molar-refractivity contribution is -0.119. The molecule has 236 valence electrons. The number of halogens is 2. The summed E-state index contributed by atoms with van der Waals surface area (Å²) in [6, 6.07) is 0. The molecular formula is C22H25F2N9O8P2S. The monoisotopic (exact) mass is 675 g/mol. The number of imidazole rings is 2. The van der Waals surface area contributed by atoms with Gasteiger partial charge in [0.15, 0.2) is 44.3 Å². The van der Waals surface area contributed by atoms with E-state index in [1.807, 2.05) is 0 Å². The molecule has 0 spiro atoms. The quantitative estimate of drug-likeness (QED) is 0.212. The van der Waals surface area contributed by atoms with Gasteiger partial charge in [0.2, 0.25) is 11.9 Å². The molecule has 1 saturated heterocycles. The van der Waals surface area contributed by atoms with Crippen molar-refractivity contribution in [3.8, 4) is 0 Å². The van der Waals surface area contributed by atoms with Crippen LogP contribution in [0.3, 0.4) is 0 Å². The molecule has 44 heavy (non-hydrogen) atoms. The number of aromatic nitrogens is 8. The van der Waals surface area contributed by atoms with Crippen molar-refractivity contribution in [3.05, 3.63) is 35.0 Å². The van der Waals surface area contributed by atoms with Crippen molar-refractivity contribution in [3.63, 3.8) is 0 Å². The lowest BCUT2D eigenvalue weighted by Gasteiger charge is -2.26. The summed E-state index contributed by atoms with van der Waals surface area (Å²) in [5, 5.41) is 2.45. The van der Waals surface area contributed by atoms with Gasteiger partial charge in [-0.2, -0.15) is 4.98 Å². The Bertz CT molecular complexity index is 1820. The van der Waals surface area contributed by atoms with Crippen LogP contribution in [0.25, 0.3) is 22.3 Å². The number of carbonyl (C=O) groups excluding carboxylic acids is 1. The first kappa shape index (κ1) is 31.0. The topological polar surface area (TPSA) is 199 Å². The second-order valence-corrected chi connectivity index (χ2v) is 13.6. The highest BCUT2D eigenvalue weighted by Crippen LogP contribution is 2.59. The second-order valence-electron chi connectivity index (χ2n) is 9.99. The van der Waals surface area contributed by atoms with Crippen LogP contribution in [-0.2, 0) is 45.3 Å². The van der Waals surface area contributed by atoms with E-state index in [4.69, 9.17) is 22.8 Å². The molecule has 0 radical (unpaired) electrons. The van der Waals surface area contributed by atoms with Gasteiger partial charge < -0.3 is 18.4 Å². The molecule has 4 aromatic rings. The predicted octanol–water partition coefficient (Wildman–Crippen LogP) is 2.58. The van der Waals surface area contributed by atoms with E-state index in [-0.39, 0.29) is 36.1 Å². The molecule has 1 amide bonds. The summed E-state index contributed by atoms with van der Waals surface area (Å²) in [5.74, 6) is -4.73. The van der Waals surface area contributed by atoms with Gasteiger partial charge in [-0.3, -0.25) is 33.5 Å². The van der Waals surface area contributed by atoms with E-state index in [2.05, 4.69) is 47.5 Å². The Morgan fingerprint density at radius 1 is 1.27 bits per heavy atom. The number of H-pyrrole nitrogens is 1. The SMILES string of the molecule is CC(C)C(=O)Nc1nc2c(ncn2[C@@H]2O[C@@H]3COPOCCn4c(nc5cncnc54)COP(=O)(S)O[C@@H]2C3(F)F)c(=O)[nH]1. The van der Waals surface area contributed by atoms with E-state index in [1.54, 1.807) is 18.4 Å². The van der Waals surface area contributed by atoms with Crippen molar-refractivity contribution < 1.29 is 41.0 Å². The Balaban J connectivity index is 1.36. The van der Waals surface area contributed by atoms with Gasteiger partial charge in [-0.25, -0.2) is 33.3 Å². The average molecular weight is 676 g/mol. The molecule has 0 saturated carbocycles. The third-order valence-corrected chi connectivity index (χ3v) is 8.89. The number of hydrogen-bond donors (Lipinski definition) is 3. The maximum atomic E-state index is 15.9. The number of fused-ring (bicyclic) bond motifs is 6. The number of nitrogens with zero attached hydrogens (tertiary/aromatic N) is 7. The summed E-state index contributed by atoms with van der Waals surface area (Å²) in [5.41, 5.74) is -0.338. The fourth-order valence-corrected chi connectivity index (χ4v) is 6.36. The van der Waals surface area contributed by atoms with Gasteiger partial charge in [-0.15, -0.1) is 0 Å². The van der Waals surface area contributed by atoms with Crippen molar-refractivity contribution in [1.29, 1.82) is 0 Å². The van der Waals surface area contributed by atoms with Gasteiger partial charge in [-0.1, -0.05) is 26.1 Å². The van der Waals surface area contributed by atoms with Crippen molar-refractivity contribution in [1.82, 2.24) is 39.0 Å². The van der Waals surface area contributed by atoms with Gasteiger partial charge in [0, 0.05) is 12.5 Å². The van der Waals surface area contributed by atoms with E-state index in [9.17, 15) is 14.2 Å². The Labute approximate surface area is 253 Å². The normalized spacial score (nSPS) is 26.9. The number of rotatable bonds is 3. The largest absolute Gasteiger partial charge is 0.387 e. The van der Waals surface area contributed by atoms with Crippen LogP contribution >= 0.6 is 28.1 Å². The molecule has 2 N–H and O–H groups in total. The van der Waals surface area contributed by atoms with Crippen LogP contribution in [0.1, 0.15) is 25.9 Å². The zero-order valence-electron chi connectivity index (χ0n) is 22.9. The van der Waals surface area contributed by atoms with E-state index in [0.717, 1.165) is 10.9 Å². The van der Waals surface area contributed by atoms with Crippen LogP contribution in [0.4, 0.5) is 14.7 Å². The highest BCUT2D eigenvalue weighted by atomic mass is 32.7. The Morgan fingerprint density at radius 3 is 2.89 bits per heavy atom. The van der Waals surface area contributed by atoms with Gasteiger partial charge in [0.05, 0.1) is 25.7 Å². The number of ether oxygens (including phenoxy) is 1. The Morgan fingerprint density at radius 2 is 2.09 bits per heavy atom. The summed E-state index contributed by atoms with van der Waals surface area (Å²) in [6.45, 7) is -2.05. The molecular weight excluding hydrogens is 650 g/mol. The van der Waals surface area contributed by atoms with Crippen molar-refractivity contribution in [2.75, 3.05) is 18.5 Å². The number of anilines is 1. The molecule has 4 aromatic heterocycles. The minimum absolute atomic E-state index is 0.0973. The fraction of sp³-hybridized carbons (Fsp3) is 0.500. The zero-order chi connectivity index (χ0) is 31.2. The molecule has 22 heteroatoms. The lowest BCUT2D eigenvalue weighted by atomic mass is 10.1. The zero-order valence-corrected chi connectivity index (χ0v) is 25.7. The van der Waals surface area contributed by atoms with Crippen molar-refractivity contribution in [2.45, 2.75) is 51.4 Å². The number of aromatic amines is 1. The second kappa shape index (κ2) is 12.1. The minimum Gasteiger partial charge on any atom is -0.343 e. The van der Waals surface area contributed by atoms with Crippen molar-refractivity contribution >= 4 is 62.3 Å². The van der Waals surface area contributed by atoms with Gasteiger partial charge in [-0.05, 0) is 0 Å². The fourth-order valence-electron chi connectivity index (χ4n) is 4.53. The summed E-state index contributed by atoms with van der Waals surface area (Å²) < 4.78 is 75.3. The molecule has 0 aromatic carbocycles. The van der Waals surface area contributed by atoms with Crippen molar-refractivity contribution in [2.24, 2.45) is 5.92 Å². The third kappa shape index (κ3) is 6.00. The number of alkyl halides is 2. The summed E-state index contributed by atoms with van der Waals surface area (Å²) in [4.78, 5) is 48.0. The Kier molecular flexibility index (Phi) is 8.53. The molecule has 17 nitrogen and oxygen atoms in total. The maximum Gasteiger partial charge on any atom is 0.387 e. The molecule has 1 fully saturated rings. The number of hydrogen-bond acceptors (Lipinski definition) is 13. The first-order valence-corrected chi connectivity index (χ1v) is 16.6. The third-order valence-electron chi connectivity index (χ3n) is 6.71. The van der Waals surface area contributed by atoms with Crippen LogP contribution in [0, 0.1) is 5.92 Å². The first-order valence-electron chi connectivity index (χ1n) is 13.0. The van der Waals surface area contributed by atoms with Crippen LogP contribution in [-0.4, -0.2) is 76.3 Å². The highest BCUT2D eigenvalue weighted by Gasteiger charge is 2.62. The number of nitrogens with one attached hydrogen (secondary N) is 2. The molecule has 2 unspecified atom stereocenters. The molecule has 5 atom stereocenters. The standard InChI is InChI=1S/C22H25F2N9O8P2S/c1-10(2)18(34)30-21-29-17-14(19(35)31-21)27-9-33(17)20-15-22(23,24)12(40-20)6-38-42-37-4-3-32-13(7-39-43(36,44)41-15)28-11-5-25-8-26-16(11)32/h5,8-10,12,15,20,42H,3-4,6-7H2,1-2H3,(H,36,44)(H2,29,30,31,34,35)/t12-,15+,20-,43?/m1/s1. The molecule has 2 bridgehead atoms. The number of thiol groups is 1. The van der Waals surface area contributed by atoms with Gasteiger partial charge >= 0.3 is 12.7 Å². The highest BCUT2D eigenvalue weighted by molar-refractivity contribution is 8.44. The molecule has 0 aliphatic carbocycles. The van der Waals surface area contributed by atoms with Crippen LogP contribution in [0.5, 0.6) is 0 Å². The van der Waals surface area contributed by atoms with Crippen LogP contribution in [0.2, 0.25) is 0 Å². The van der Waals surface area contributed by atoms with E-state index in [0.29, 0.717) is 11.2 Å². The lowest BCUT2D eigenvalue weighted by Crippen LogP contribution is -2.42. The van der Waals surface area contributed by atoms with Crippen LogP contribution in [0.15, 0.2) is 23.6 Å². The van der Waals surface area contributed by atoms with E-state index in [1.165, 1.54) is 12.5 Å². The molecule has 6 rings (SSSR count). The maximum absolute atomic E-state index is 15.9. The molecule has 2 aliphatic heterocycles. The minimum atomic E-state index is -4.55. The molecule has 6 heterocycles. The van der Waals surface area contributed by atoms with Gasteiger partial charge in [0.1, 0.15) is 24.3 Å². The summed E-state index contributed by atoms with van der Waals surface area (Å²) >= 11 is 3.97. The smallest absolute Gasteiger partial charge is 0.343 e. The predicted molar refractivity (Wildman–Crippen MR) is 152 cm³/mol. The summed E-state index contributed by atoms with van der Waals surface area (Å²) in [7, 11) is -0.630. The number of carbonyl (C=O) groups is 1. The molecule has 2 aliphatic rings.